The Hall–Kier alpha value is -3.49. The van der Waals surface area contributed by atoms with Gasteiger partial charge < -0.3 is 14.8 Å². The number of nitrogens with zero attached hydrogens (tertiary/aromatic N) is 3. The van der Waals surface area contributed by atoms with Crippen LogP contribution in [-0.2, 0) is 11.3 Å². The Kier molecular flexibility index (Phi) is 6.63. The summed E-state index contributed by atoms with van der Waals surface area (Å²) in [6.07, 6.45) is 1.39. The first kappa shape index (κ1) is 21.7. The maximum Gasteiger partial charge on any atom is 0.250 e. The average molecular weight is 467 g/mol. The van der Waals surface area contributed by atoms with Crippen LogP contribution in [-0.4, -0.2) is 37.6 Å². The van der Waals surface area contributed by atoms with E-state index < -0.39 is 0 Å². The minimum Gasteiger partial charge on any atom is -0.504 e. The largest absolute Gasteiger partial charge is 0.504 e. The maximum atomic E-state index is 12.3. The van der Waals surface area contributed by atoms with Gasteiger partial charge in [-0.15, -0.1) is 0 Å². The number of hydrogen-bond donors (Lipinski definition) is 3. The summed E-state index contributed by atoms with van der Waals surface area (Å²) in [5.74, 6) is -0.638. The molecule has 9 heteroatoms. The van der Waals surface area contributed by atoms with E-state index in [0.29, 0.717) is 17.1 Å². The topological polar surface area (TPSA) is 99.7 Å². The smallest absolute Gasteiger partial charge is 0.250 e. The lowest BCUT2D eigenvalue weighted by Crippen LogP contribution is -2.20. The molecule has 0 atom stereocenters. The highest BCUT2D eigenvalue weighted by molar-refractivity contribution is 7.99. The van der Waals surface area contributed by atoms with Gasteiger partial charge in [-0.25, -0.2) is 10.4 Å². The van der Waals surface area contributed by atoms with Crippen LogP contribution in [0.4, 0.5) is 0 Å². The number of benzene rings is 3. The lowest BCUT2D eigenvalue weighted by Gasteiger charge is -2.09. The van der Waals surface area contributed by atoms with Gasteiger partial charge in [-0.05, 0) is 53.6 Å². The van der Waals surface area contributed by atoms with Crippen LogP contribution < -0.4 is 5.43 Å². The standard InChI is InChI=1S/C23H19ClN4O3S/c24-17-8-5-15(6-9-17)13-28-19-4-2-1-3-18(19)26-23(28)32-14-22(31)27-25-12-16-7-10-20(29)21(30)11-16/h1-12,29-30H,13-14H2,(H,27,31). The second-order valence-corrected chi connectivity index (χ2v) is 8.30. The van der Waals surface area contributed by atoms with E-state index in [0.717, 1.165) is 21.8 Å². The van der Waals surface area contributed by atoms with Crippen LogP contribution in [0, 0.1) is 0 Å². The molecule has 4 aromatic rings. The molecule has 3 N–H and O–H groups in total. The van der Waals surface area contributed by atoms with Gasteiger partial charge >= 0.3 is 0 Å². The molecule has 32 heavy (non-hydrogen) atoms. The fraction of sp³-hybridized carbons (Fsp3) is 0.0870. The van der Waals surface area contributed by atoms with Crippen LogP contribution in [0.2, 0.25) is 5.02 Å². The van der Waals surface area contributed by atoms with E-state index in [1.54, 1.807) is 6.07 Å². The van der Waals surface area contributed by atoms with Gasteiger partial charge in [0.25, 0.3) is 5.91 Å². The van der Waals surface area contributed by atoms with Crippen molar-refractivity contribution in [3.05, 3.63) is 82.9 Å². The van der Waals surface area contributed by atoms with Crippen LogP contribution in [0.3, 0.4) is 0 Å². The molecule has 0 saturated heterocycles. The molecule has 0 aliphatic heterocycles. The highest BCUT2D eigenvalue weighted by atomic mass is 35.5. The number of rotatable bonds is 7. The predicted octanol–water partition coefficient (Wildman–Crippen LogP) is 4.39. The second-order valence-electron chi connectivity index (χ2n) is 6.93. The first-order valence-electron chi connectivity index (χ1n) is 9.66. The zero-order valence-electron chi connectivity index (χ0n) is 16.8. The molecule has 3 aromatic carbocycles. The number of para-hydroxylation sites is 2. The van der Waals surface area contributed by atoms with E-state index in [9.17, 15) is 15.0 Å². The van der Waals surface area contributed by atoms with Crippen molar-refractivity contribution in [2.24, 2.45) is 5.10 Å². The quantitative estimate of drug-likeness (QED) is 0.162. The number of amides is 1. The van der Waals surface area contributed by atoms with Crippen molar-refractivity contribution >= 4 is 46.5 Å². The number of aromatic hydroxyl groups is 2. The number of thioether (sulfide) groups is 1. The Morgan fingerprint density at radius 1 is 1.09 bits per heavy atom. The van der Waals surface area contributed by atoms with E-state index in [1.807, 2.05) is 48.5 Å². The number of hydrogen-bond acceptors (Lipinski definition) is 6. The van der Waals surface area contributed by atoms with Crippen LogP contribution in [0.1, 0.15) is 11.1 Å². The van der Waals surface area contributed by atoms with Crippen LogP contribution >= 0.6 is 23.4 Å². The number of halogens is 1. The number of imidazole rings is 1. The Morgan fingerprint density at radius 3 is 2.66 bits per heavy atom. The number of carbonyl (C=O) groups is 1. The number of phenolic OH excluding ortho intramolecular Hbond substituents is 2. The summed E-state index contributed by atoms with van der Waals surface area (Å²) in [6, 6.07) is 19.7. The van der Waals surface area contributed by atoms with E-state index >= 15 is 0 Å². The van der Waals surface area contributed by atoms with Gasteiger partial charge in [0.05, 0.1) is 29.5 Å². The van der Waals surface area contributed by atoms with E-state index in [1.165, 1.54) is 30.1 Å². The number of carbonyl (C=O) groups excluding carboxylic acids is 1. The molecule has 0 fully saturated rings. The van der Waals surface area contributed by atoms with Gasteiger partial charge in [-0.1, -0.05) is 47.6 Å². The first-order valence-corrected chi connectivity index (χ1v) is 11.0. The van der Waals surface area contributed by atoms with Crippen LogP contribution in [0.25, 0.3) is 11.0 Å². The van der Waals surface area contributed by atoms with Crippen molar-refractivity contribution in [3.63, 3.8) is 0 Å². The van der Waals surface area contributed by atoms with E-state index in [-0.39, 0.29) is 23.2 Å². The summed E-state index contributed by atoms with van der Waals surface area (Å²) in [5, 5.41) is 24.1. The van der Waals surface area contributed by atoms with Gasteiger partial charge in [-0.2, -0.15) is 5.10 Å². The summed E-state index contributed by atoms with van der Waals surface area (Å²) in [5.41, 5.74) is 5.91. The average Bonchev–Trinajstić information content (AvgIpc) is 3.14. The Labute approximate surface area is 193 Å². The predicted molar refractivity (Wildman–Crippen MR) is 127 cm³/mol. The fourth-order valence-electron chi connectivity index (χ4n) is 3.05. The van der Waals surface area contributed by atoms with Crippen molar-refractivity contribution in [3.8, 4) is 11.5 Å². The molecule has 1 heterocycles. The Bertz CT molecular complexity index is 1290. The Morgan fingerprint density at radius 2 is 1.88 bits per heavy atom. The molecule has 0 aliphatic rings. The zero-order valence-corrected chi connectivity index (χ0v) is 18.3. The number of fused-ring (bicyclic) bond motifs is 1. The van der Waals surface area contributed by atoms with Gasteiger partial charge in [0.1, 0.15) is 0 Å². The maximum absolute atomic E-state index is 12.3. The number of hydrazone groups is 1. The second kappa shape index (κ2) is 9.76. The summed E-state index contributed by atoms with van der Waals surface area (Å²) < 4.78 is 2.07. The highest BCUT2D eigenvalue weighted by Crippen LogP contribution is 2.26. The molecule has 0 saturated carbocycles. The highest BCUT2D eigenvalue weighted by Gasteiger charge is 2.13. The number of aromatic nitrogens is 2. The SMILES string of the molecule is O=C(CSc1nc2ccccc2n1Cc1ccc(Cl)cc1)NN=Cc1ccc(O)c(O)c1. The molecular weight excluding hydrogens is 448 g/mol. The first-order chi connectivity index (χ1) is 15.5. The molecule has 0 aliphatic carbocycles. The molecule has 0 bridgehead atoms. The van der Waals surface area contributed by atoms with E-state index in [4.69, 9.17) is 11.6 Å². The lowest BCUT2D eigenvalue weighted by molar-refractivity contribution is -0.118. The van der Waals surface area contributed by atoms with Gasteiger partial charge in [-0.3, -0.25) is 4.79 Å². The molecule has 0 spiro atoms. The third-order valence-electron chi connectivity index (χ3n) is 4.61. The third kappa shape index (κ3) is 5.22. The molecular formula is C23H19ClN4O3S. The molecule has 162 valence electrons. The summed E-state index contributed by atoms with van der Waals surface area (Å²) in [6.45, 7) is 0.601. The van der Waals surface area contributed by atoms with Gasteiger partial charge in [0, 0.05) is 5.02 Å². The lowest BCUT2D eigenvalue weighted by atomic mass is 10.2. The number of phenols is 2. The summed E-state index contributed by atoms with van der Waals surface area (Å²) >= 11 is 7.32. The summed E-state index contributed by atoms with van der Waals surface area (Å²) in [4.78, 5) is 16.9. The van der Waals surface area contributed by atoms with Crippen molar-refractivity contribution in [2.45, 2.75) is 11.7 Å². The van der Waals surface area contributed by atoms with Crippen LogP contribution in [0.5, 0.6) is 11.5 Å². The van der Waals surface area contributed by atoms with Crippen LogP contribution in [0.15, 0.2) is 77.0 Å². The third-order valence-corrected chi connectivity index (χ3v) is 5.84. The molecule has 4 rings (SSSR count). The van der Waals surface area contributed by atoms with Gasteiger partial charge in [0.15, 0.2) is 16.7 Å². The molecule has 0 radical (unpaired) electrons. The molecule has 7 nitrogen and oxygen atoms in total. The normalized spacial score (nSPS) is 11.3. The number of nitrogens with one attached hydrogen (secondary N) is 1. The summed E-state index contributed by atoms with van der Waals surface area (Å²) in [7, 11) is 0. The fourth-order valence-corrected chi connectivity index (χ4v) is 3.98. The van der Waals surface area contributed by atoms with Crippen molar-refractivity contribution < 1.29 is 15.0 Å². The van der Waals surface area contributed by atoms with E-state index in [2.05, 4.69) is 20.1 Å². The zero-order chi connectivity index (χ0) is 22.5. The van der Waals surface area contributed by atoms with Crippen molar-refractivity contribution in [1.29, 1.82) is 0 Å². The molecule has 1 aromatic heterocycles. The van der Waals surface area contributed by atoms with Crippen molar-refractivity contribution in [2.75, 3.05) is 5.75 Å². The molecule has 1 amide bonds. The molecule has 0 unspecified atom stereocenters. The minimum atomic E-state index is -0.292. The minimum absolute atomic E-state index is 0.127. The van der Waals surface area contributed by atoms with Gasteiger partial charge in [0.2, 0.25) is 0 Å². The van der Waals surface area contributed by atoms with Crippen molar-refractivity contribution in [1.82, 2.24) is 15.0 Å². The monoisotopic (exact) mass is 466 g/mol. The Balaban J connectivity index is 1.44.